The van der Waals surface area contributed by atoms with Gasteiger partial charge in [0.25, 0.3) is 0 Å². The van der Waals surface area contributed by atoms with Crippen LogP contribution in [0.1, 0.15) is 33.1 Å². The first-order valence-electron chi connectivity index (χ1n) is 6.83. The third-order valence-electron chi connectivity index (χ3n) is 3.27. The van der Waals surface area contributed by atoms with Gasteiger partial charge in [-0.2, -0.15) is 0 Å². The molecule has 1 N–H and O–H groups in total. The number of likely N-dealkylation sites (N-methyl/N-ethyl adjacent to an activating group) is 1. The van der Waals surface area contributed by atoms with Crippen LogP contribution < -0.4 is 5.32 Å². The van der Waals surface area contributed by atoms with Gasteiger partial charge in [0.1, 0.15) is 0 Å². The SMILES string of the molecule is CC(C)NCCCN(C)CCN1CCCC1. The molecule has 1 saturated heterocycles. The van der Waals surface area contributed by atoms with Crippen molar-refractivity contribution in [3.8, 4) is 0 Å². The van der Waals surface area contributed by atoms with Crippen LogP contribution in [0.2, 0.25) is 0 Å². The zero-order valence-electron chi connectivity index (χ0n) is 11.3. The summed E-state index contributed by atoms with van der Waals surface area (Å²) in [4.78, 5) is 5.04. The van der Waals surface area contributed by atoms with Crippen LogP contribution in [0.15, 0.2) is 0 Å². The lowest BCUT2D eigenvalue weighted by molar-refractivity contribution is 0.254. The summed E-state index contributed by atoms with van der Waals surface area (Å²) in [6, 6.07) is 0.620. The Bertz CT molecular complexity index is 165. The van der Waals surface area contributed by atoms with Crippen LogP contribution in [0.3, 0.4) is 0 Å². The van der Waals surface area contributed by atoms with E-state index in [1.807, 2.05) is 0 Å². The van der Waals surface area contributed by atoms with Crippen LogP contribution >= 0.6 is 0 Å². The summed E-state index contributed by atoms with van der Waals surface area (Å²) < 4.78 is 0. The maximum atomic E-state index is 3.46. The molecule has 1 heterocycles. The molecule has 0 aliphatic carbocycles. The van der Waals surface area contributed by atoms with Crippen LogP contribution in [0.25, 0.3) is 0 Å². The Labute approximate surface area is 101 Å². The molecular weight excluding hydrogens is 198 g/mol. The molecule has 3 heteroatoms. The van der Waals surface area contributed by atoms with Gasteiger partial charge < -0.3 is 15.1 Å². The summed E-state index contributed by atoms with van der Waals surface area (Å²) in [7, 11) is 2.24. The van der Waals surface area contributed by atoms with E-state index in [4.69, 9.17) is 0 Å². The lowest BCUT2D eigenvalue weighted by atomic mass is 10.3. The largest absolute Gasteiger partial charge is 0.314 e. The first-order chi connectivity index (χ1) is 7.68. The van der Waals surface area contributed by atoms with Gasteiger partial charge in [-0.15, -0.1) is 0 Å². The van der Waals surface area contributed by atoms with Gasteiger partial charge in [-0.25, -0.2) is 0 Å². The number of nitrogens with one attached hydrogen (secondary N) is 1. The van der Waals surface area contributed by atoms with E-state index in [1.54, 1.807) is 0 Å². The molecule has 1 aliphatic rings. The van der Waals surface area contributed by atoms with E-state index >= 15 is 0 Å². The molecular formula is C13H29N3. The molecule has 0 bridgehead atoms. The maximum absolute atomic E-state index is 3.46. The molecule has 0 amide bonds. The molecule has 1 fully saturated rings. The van der Waals surface area contributed by atoms with Gasteiger partial charge in [-0.1, -0.05) is 13.8 Å². The van der Waals surface area contributed by atoms with E-state index < -0.39 is 0 Å². The summed E-state index contributed by atoms with van der Waals surface area (Å²) in [5.74, 6) is 0. The van der Waals surface area contributed by atoms with Crippen molar-refractivity contribution in [2.24, 2.45) is 0 Å². The number of rotatable bonds is 8. The molecule has 0 unspecified atom stereocenters. The van der Waals surface area contributed by atoms with Gasteiger partial charge >= 0.3 is 0 Å². The minimum Gasteiger partial charge on any atom is -0.314 e. The van der Waals surface area contributed by atoms with Crippen LogP contribution in [-0.4, -0.2) is 62.2 Å². The Hall–Kier alpha value is -0.120. The van der Waals surface area contributed by atoms with E-state index in [2.05, 4.69) is 36.0 Å². The monoisotopic (exact) mass is 227 g/mol. The third kappa shape index (κ3) is 6.46. The molecule has 0 radical (unpaired) electrons. The molecule has 96 valence electrons. The summed E-state index contributed by atoms with van der Waals surface area (Å²) in [6.07, 6.45) is 4.07. The van der Waals surface area contributed by atoms with Gasteiger partial charge in [0.15, 0.2) is 0 Å². The Balaban J connectivity index is 1.91. The highest BCUT2D eigenvalue weighted by Crippen LogP contribution is 2.06. The van der Waals surface area contributed by atoms with Crippen molar-refractivity contribution in [3.63, 3.8) is 0 Å². The molecule has 0 saturated carbocycles. The molecule has 0 atom stereocenters. The van der Waals surface area contributed by atoms with Crippen molar-refractivity contribution in [3.05, 3.63) is 0 Å². The molecule has 0 aromatic heterocycles. The van der Waals surface area contributed by atoms with Crippen LogP contribution in [0, 0.1) is 0 Å². The van der Waals surface area contributed by atoms with Crippen molar-refractivity contribution in [2.75, 3.05) is 46.3 Å². The van der Waals surface area contributed by atoms with Gasteiger partial charge in [0.05, 0.1) is 0 Å². The molecule has 3 nitrogen and oxygen atoms in total. The molecule has 0 aromatic rings. The number of nitrogens with zero attached hydrogens (tertiary/aromatic N) is 2. The molecule has 1 rings (SSSR count). The maximum Gasteiger partial charge on any atom is 0.0109 e. The lowest BCUT2D eigenvalue weighted by Gasteiger charge is -2.21. The van der Waals surface area contributed by atoms with E-state index in [9.17, 15) is 0 Å². The van der Waals surface area contributed by atoms with Crippen LogP contribution in [0.5, 0.6) is 0 Å². The van der Waals surface area contributed by atoms with Gasteiger partial charge in [0, 0.05) is 19.1 Å². The Morgan fingerprint density at radius 2 is 1.88 bits per heavy atom. The molecule has 16 heavy (non-hydrogen) atoms. The average Bonchev–Trinajstić information content (AvgIpc) is 2.74. The molecule has 0 aromatic carbocycles. The van der Waals surface area contributed by atoms with Crippen molar-refractivity contribution in [1.82, 2.24) is 15.1 Å². The zero-order valence-corrected chi connectivity index (χ0v) is 11.3. The fourth-order valence-corrected chi connectivity index (χ4v) is 2.17. The van der Waals surface area contributed by atoms with Gasteiger partial charge in [-0.05, 0) is 52.5 Å². The highest BCUT2D eigenvalue weighted by atomic mass is 15.2. The highest BCUT2D eigenvalue weighted by molar-refractivity contribution is 4.67. The van der Waals surface area contributed by atoms with Crippen molar-refractivity contribution >= 4 is 0 Å². The Morgan fingerprint density at radius 3 is 2.50 bits per heavy atom. The smallest absolute Gasteiger partial charge is 0.0109 e. The summed E-state index contributed by atoms with van der Waals surface area (Å²) in [5.41, 5.74) is 0. The first-order valence-corrected chi connectivity index (χ1v) is 6.83. The Kier molecular flexibility index (Phi) is 7.01. The van der Waals surface area contributed by atoms with Crippen molar-refractivity contribution < 1.29 is 0 Å². The standard InChI is InChI=1S/C13H29N3/c1-13(2)14-7-6-8-15(3)11-12-16-9-4-5-10-16/h13-14H,4-12H2,1-3H3. The zero-order chi connectivity index (χ0) is 11.8. The second-order valence-electron chi connectivity index (χ2n) is 5.31. The fraction of sp³-hybridized carbons (Fsp3) is 1.00. The van der Waals surface area contributed by atoms with Crippen molar-refractivity contribution in [2.45, 2.75) is 39.2 Å². The lowest BCUT2D eigenvalue weighted by Crippen LogP contribution is -2.33. The second-order valence-corrected chi connectivity index (χ2v) is 5.31. The third-order valence-corrected chi connectivity index (χ3v) is 3.27. The quantitative estimate of drug-likeness (QED) is 0.632. The molecule has 0 spiro atoms. The second kappa shape index (κ2) is 8.04. The topological polar surface area (TPSA) is 18.5 Å². The summed E-state index contributed by atoms with van der Waals surface area (Å²) in [5, 5.41) is 3.46. The van der Waals surface area contributed by atoms with E-state index in [1.165, 1.54) is 52.0 Å². The predicted molar refractivity (Wildman–Crippen MR) is 70.9 cm³/mol. The average molecular weight is 227 g/mol. The fourth-order valence-electron chi connectivity index (χ4n) is 2.17. The number of hydrogen-bond donors (Lipinski definition) is 1. The minimum absolute atomic E-state index is 0.620. The summed E-state index contributed by atoms with van der Waals surface area (Å²) >= 11 is 0. The van der Waals surface area contributed by atoms with E-state index in [0.717, 1.165) is 6.54 Å². The van der Waals surface area contributed by atoms with Crippen LogP contribution in [-0.2, 0) is 0 Å². The van der Waals surface area contributed by atoms with E-state index in [-0.39, 0.29) is 0 Å². The highest BCUT2D eigenvalue weighted by Gasteiger charge is 2.11. The summed E-state index contributed by atoms with van der Waals surface area (Å²) in [6.45, 7) is 11.9. The van der Waals surface area contributed by atoms with Crippen LogP contribution in [0.4, 0.5) is 0 Å². The predicted octanol–water partition coefficient (Wildman–Crippen LogP) is 1.40. The van der Waals surface area contributed by atoms with E-state index in [0.29, 0.717) is 6.04 Å². The minimum atomic E-state index is 0.620. The van der Waals surface area contributed by atoms with Gasteiger partial charge in [-0.3, -0.25) is 0 Å². The first kappa shape index (κ1) is 13.9. The normalized spacial score (nSPS) is 17.8. The Morgan fingerprint density at radius 1 is 1.19 bits per heavy atom. The van der Waals surface area contributed by atoms with Gasteiger partial charge in [0.2, 0.25) is 0 Å². The van der Waals surface area contributed by atoms with Crippen molar-refractivity contribution in [1.29, 1.82) is 0 Å². The molecule has 1 aliphatic heterocycles. The number of likely N-dealkylation sites (tertiary alicyclic amines) is 1. The number of hydrogen-bond acceptors (Lipinski definition) is 3.